The molecule has 0 atom stereocenters. The van der Waals surface area contributed by atoms with Crippen LogP contribution < -0.4 is 0 Å². The van der Waals surface area contributed by atoms with Crippen LogP contribution in [0.3, 0.4) is 0 Å². The molecule has 0 N–H and O–H groups in total. The van der Waals surface area contributed by atoms with Crippen LogP contribution in [-0.4, -0.2) is 9.97 Å². The van der Waals surface area contributed by atoms with Crippen molar-refractivity contribution in [2.45, 2.75) is 12.3 Å². The summed E-state index contributed by atoms with van der Waals surface area (Å²) in [6.07, 6.45) is 0. The van der Waals surface area contributed by atoms with Crippen LogP contribution in [0.4, 0.5) is 0 Å². The minimum atomic E-state index is 0.668. The fourth-order valence-corrected chi connectivity index (χ4v) is 2.65. The third-order valence-electron chi connectivity index (χ3n) is 3.14. The molecule has 0 aliphatic carbocycles. The maximum Gasteiger partial charge on any atom is 0.0933 e. The van der Waals surface area contributed by atoms with E-state index in [0.717, 1.165) is 33.0 Å². The van der Waals surface area contributed by atoms with Gasteiger partial charge in [0.15, 0.2) is 0 Å². The highest BCUT2D eigenvalue weighted by Crippen LogP contribution is 2.26. The van der Waals surface area contributed by atoms with Gasteiger partial charge in [0.05, 0.1) is 22.4 Å². The minimum Gasteiger partial charge on any atom is -0.248 e. The summed E-state index contributed by atoms with van der Waals surface area (Å²) < 4.78 is 0. The van der Waals surface area contributed by atoms with E-state index in [1.807, 2.05) is 30.3 Å². The van der Waals surface area contributed by atoms with Crippen LogP contribution in [0.15, 0.2) is 42.5 Å². The van der Waals surface area contributed by atoms with Crippen molar-refractivity contribution in [3.63, 3.8) is 0 Å². The molecule has 0 saturated heterocycles. The zero-order valence-electron chi connectivity index (χ0n) is 10.9. The quantitative estimate of drug-likeness (QED) is 0.599. The Kier molecular flexibility index (Phi) is 3.72. The van der Waals surface area contributed by atoms with Crippen molar-refractivity contribution in [1.29, 1.82) is 0 Å². The molecule has 0 unspecified atom stereocenters. The van der Waals surface area contributed by atoms with Gasteiger partial charge >= 0.3 is 0 Å². The van der Waals surface area contributed by atoms with Crippen molar-refractivity contribution in [2.75, 3.05) is 0 Å². The monoisotopic (exact) mass is 346 g/mol. The lowest BCUT2D eigenvalue weighted by Crippen LogP contribution is -1.97. The van der Waals surface area contributed by atoms with Crippen LogP contribution in [0.2, 0.25) is 5.02 Å². The fraction of sp³-hybridized carbons (Fsp3) is 0.125. The topological polar surface area (TPSA) is 25.8 Å². The Hall–Kier alpha value is -1.45. The molecule has 0 bridgehead atoms. The normalized spacial score (nSPS) is 10.9. The maximum atomic E-state index is 5.94. The van der Waals surface area contributed by atoms with Crippen molar-refractivity contribution >= 4 is 38.6 Å². The average molecular weight is 348 g/mol. The van der Waals surface area contributed by atoms with Gasteiger partial charge in [0.1, 0.15) is 0 Å². The van der Waals surface area contributed by atoms with E-state index in [0.29, 0.717) is 5.33 Å². The fourth-order valence-electron chi connectivity index (χ4n) is 2.13. The first-order chi connectivity index (χ1) is 9.67. The highest BCUT2D eigenvalue weighted by Gasteiger charge is 2.10. The van der Waals surface area contributed by atoms with E-state index in [4.69, 9.17) is 21.6 Å². The van der Waals surface area contributed by atoms with E-state index in [-0.39, 0.29) is 0 Å². The Labute approximate surface area is 131 Å². The van der Waals surface area contributed by atoms with E-state index >= 15 is 0 Å². The summed E-state index contributed by atoms with van der Waals surface area (Å²) in [5, 5.41) is 1.39. The van der Waals surface area contributed by atoms with Crippen molar-refractivity contribution in [2.24, 2.45) is 0 Å². The molecular weight excluding hydrogens is 336 g/mol. The van der Waals surface area contributed by atoms with Gasteiger partial charge < -0.3 is 0 Å². The number of benzene rings is 2. The third kappa shape index (κ3) is 2.56. The van der Waals surface area contributed by atoms with E-state index in [1.165, 1.54) is 5.56 Å². The minimum absolute atomic E-state index is 0.668. The molecule has 2 nitrogen and oxygen atoms in total. The largest absolute Gasteiger partial charge is 0.248 e. The van der Waals surface area contributed by atoms with Gasteiger partial charge in [0, 0.05) is 15.9 Å². The van der Waals surface area contributed by atoms with Gasteiger partial charge in [-0.05, 0) is 36.8 Å². The number of alkyl halides is 1. The van der Waals surface area contributed by atoms with Crippen LogP contribution in [0, 0.1) is 6.92 Å². The standard InChI is InChI=1S/C16H12BrClN2/c1-10-2-7-13-14(8-10)19-15(9-17)16(20-13)11-3-5-12(18)6-4-11/h2-8H,9H2,1H3. The Morgan fingerprint density at radius 1 is 1.00 bits per heavy atom. The summed E-state index contributed by atoms with van der Waals surface area (Å²) in [5.74, 6) is 0. The summed E-state index contributed by atoms with van der Waals surface area (Å²) in [6.45, 7) is 2.06. The number of fused-ring (bicyclic) bond motifs is 1. The summed E-state index contributed by atoms with van der Waals surface area (Å²) in [5.41, 5.74) is 5.88. The van der Waals surface area contributed by atoms with Crippen molar-refractivity contribution in [3.8, 4) is 11.3 Å². The number of hydrogen-bond acceptors (Lipinski definition) is 2. The summed E-state index contributed by atoms with van der Waals surface area (Å²) >= 11 is 9.44. The zero-order valence-corrected chi connectivity index (χ0v) is 13.2. The number of aryl methyl sites for hydroxylation is 1. The van der Waals surface area contributed by atoms with Crippen molar-refractivity contribution in [3.05, 3.63) is 58.7 Å². The van der Waals surface area contributed by atoms with Gasteiger partial charge in [-0.15, -0.1) is 0 Å². The van der Waals surface area contributed by atoms with E-state index in [1.54, 1.807) is 0 Å². The Morgan fingerprint density at radius 3 is 2.45 bits per heavy atom. The van der Waals surface area contributed by atoms with Crippen LogP contribution in [0.1, 0.15) is 11.3 Å². The van der Waals surface area contributed by atoms with Gasteiger partial charge in [-0.1, -0.05) is 45.7 Å². The predicted octanol–water partition coefficient (Wildman–Crippen LogP) is 5.15. The highest BCUT2D eigenvalue weighted by atomic mass is 79.9. The molecule has 3 aromatic rings. The zero-order chi connectivity index (χ0) is 14.1. The molecule has 0 radical (unpaired) electrons. The molecule has 100 valence electrons. The predicted molar refractivity (Wildman–Crippen MR) is 87.4 cm³/mol. The summed E-state index contributed by atoms with van der Waals surface area (Å²) in [6, 6.07) is 13.8. The second kappa shape index (κ2) is 5.51. The first kappa shape index (κ1) is 13.5. The third-order valence-corrected chi connectivity index (χ3v) is 3.92. The Balaban J connectivity index is 2.23. The van der Waals surface area contributed by atoms with E-state index in [9.17, 15) is 0 Å². The molecule has 20 heavy (non-hydrogen) atoms. The van der Waals surface area contributed by atoms with E-state index < -0.39 is 0 Å². The van der Waals surface area contributed by atoms with Crippen LogP contribution in [0.25, 0.3) is 22.3 Å². The Morgan fingerprint density at radius 2 is 1.75 bits per heavy atom. The first-order valence-electron chi connectivity index (χ1n) is 6.26. The highest BCUT2D eigenvalue weighted by molar-refractivity contribution is 9.08. The van der Waals surface area contributed by atoms with Crippen molar-refractivity contribution in [1.82, 2.24) is 9.97 Å². The summed E-state index contributed by atoms with van der Waals surface area (Å²) in [4.78, 5) is 9.46. The SMILES string of the molecule is Cc1ccc2nc(-c3ccc(Cl)cc3)c(CBr)nc2c1. The molecular formula is C16H12BrClN2. The van der Waals surface area contributed by atoms with Crippen molar-refractivity contribution < 1.29 is 0 Å². The lowest BCUT2D eigenvalue weighted by Gasteiger charge is -2.08. The molecule has 1 aromatic heterocycles. The number of hydrogen-bond donors (Lipinski definition) is 0. The average Bonchev–Trinajstić information content (AvgIpc) is 2.46. The molecule has 0 saturated carbocycles. The molecule has 0 amide bonds. The molecule has 0 aliphatic heterocycles. The Bertz CT molecular complexity index is 769. The van der Waals surface area contributed by atoms with Gasteiger partial charge in [-0.2, -0.15) is 0 Å². The van der Waals surface area contributed by atoms with E-state index in [2.05, 4.69) is 35.0 Å². The smallest absolute Gasteiger partial charge is 0.0933 e. The van der Waals surface area contributed by atoms with Crippen LogP contribution in [0.5, 0.6) is 0 Å². The number of rotatable bonds is 2. The van der Waals surface area contributed by atoms with Gasteiger partial charge in [-0.3, -0.25) is 0 Å². The molecule has 4 heteroatoms. The number of halogens is 2. The van der Waals surface area contributed by atoms with Gasteiger partial charge in [-0.25, -0.2) is 9.97 Å². The van der Waals surface area contributed by atoms with Gasteiger partial charge in [0.25, 0.3) is 0 Å². The molecule has 1 heterocycles. The van der Waals surface area contributed by atoms with Gasteiger partial charge in [0.2, 0.25) is 0 Å². The van der Waals surface area contributed by atoms with Crippen LogP contribution >= 0.6 is 27.5 Å². The molecule has 0 spiro atoms. The lowest BCUT2D eigenvalue weighted by molar-refractivity contribution is 1.17. The van der Waals surface area contributed by atoms with Crippen LogP contribution in [-0.2, 0) is 5.33 Å². The summed E-state index contributed by atoms with van der Waals surface area (Å²) in [7, 11) is 0. The number of nitrogens with zero attached hydrogens (tertiary/aromatic N) is 2. The maximum absolute atomic E-state index is 5.94. The number of aromatic nitrogens is 2. The first-order valence-corrected chi connectivity index (χ1v) is 7.76. The second-order valence-corrected chi connectivity index (χ2v) is 5.65. The molecule has 3 rings (SSSR count). The molecule has 0 aliphatic rings. The lowest BCUT2D eigenvalue weighted by atomic mass is 10.1. The molecule has 0 fully saturated rings. The second-order valence-electron chi connectivity index (χ2n) is 4.65. The molecule has 2 aromatic carbocycles.